The van der Waals surface area contributed by atoms with Gasteiger partial charge in [0, 0.05) is 7.93 Å². The number of halogens is 4. The quantitative estimate of drug-likeness (QED) is 0.402. The van der Waals surface area contributed by atoms with Crippen LogP contribution in [0.3, 0.4) is 0 Å². The minimum Gasteiger partial charge on any atom is -0.0954 e. The van der Waals surface area contributed by atoms with Crippen LogP contribution in [0.15, 0.2) is 0 Å². The summed E-state index contributed by atoms with van der Waals surface area (Å²) in [4.78, 5) is 0. The van der Waals surface area contributed by atoms with Crippen LogP contribution in [0.2, 0.25) is 0 Å². The molecule has 1 unspecified atom stereocenters. The third-order valence-corrected chi connectivity index (χ3v) is 2.89. The maximum absolute atomic E-state index is 5.13. The summed E-state index contributed by atoms with van der Waals surface area (Å²) < 4.78 is -1.25. The Hall–Kier alpha value is 1.59. The number of hydrogen-bond acceptors (Lipinski definition) is 0. The normalized spacial score (nSPS) is 14.0. The van der Waals surface area contributed by atoms with Gasteiger partial charge < -0.3 is 0 Å². The molecule has 38 valence electrons. The second-order valence-electron chi connectivity index (χ2n) is 0.592. The highest BCUT2D eigenvalue weighted by Gasteiger charge is 2.16. The zero-order valence-corrected chi connectivity index (χ0v) is 6.54. The lowest BCUT2D eigenvalue weighted by atomic mass is 11.8. The first kappa shape index (κ1) is 7.59. The molecule has 0 fully saturated rings. The van der Waals surface area contributed by atoms with E-state index in [2.05, 4.69) is 0 Å². The van der Waals surface area contributed by atoms with E-state index in [0.29, 0.717) is 0 Å². The Morgan fingerprint density at radius 2 is 1.33 bits per heavy atom. The van der Waals surface area contributed by atoms with Crippen molar-refractivity contribution in [1.29, 1.82) is 0 Å². The van der Waals surface area contributed by atoms with Gasteiger partial charge in [0.15, 0.2) is 0 Å². The van der Waals surface area contributed by atoms with E-state index in [1.165, 1.54) is 0 Å². The molecular formula is CHCl4P. The summed E-state index contributed by atoms with van der Waals surface area (Å²) in [6, 6.07) is 0. The van der Waals surface area contributed by atoms with Crippen molar-refractivity contribution < 1.29 is 0 Å². The molecule has 0 bridgehead atoms. The molecule has 0 aromatic carbocycles. The lowest BCUT2D eigenvalue weighted by molar-refractivity contribution is 1.79. The lowest BCUT2D eigenvalue weighted by Gasteiger charge is -2.00. The largest absolute Gasteiger partial charge is 0.219 e. The number of alkyl halides is 3. The van der Waals surface area contributed by atoms with E-state index in [0.717, 1.165) is 0 Å². The van der Waals surface area contributed by atoms with Crippen molar-refractivity contribution in [1.82, 2.24) is 0 Å². The third-order valence-electron chi connectivity index (χ3n) is 0.107. The van der Waals surface area contributed by atoms with Gasteiger partial charge in [-0.25, -0.2) is 0 Å². The van der Waals surface area contributed by atoms with Crippen LogP contribution in [0.1, 0.15) is 0 Å². The van der Waals surface area contributed by atoms with Crippen molar-refractivity contribution >= 4 is 54.0 Å². The first-order chi connectivity index (χ1) is 2.56. The van der Waals surface area contributed by atoms with E-state index in [1.807, 2.05) is 0 Å². The molecule has 0 aliphatic heterocycles. The molecule has 6 heavy (non-hydrogen) atoms. The first-order valence-electron chi connectivity index (χ1n) is 1.01. The van der Waals surface area contributed by atoms with Crippen molar-refractivity contribution in [3.05, 3.63) is 0 Å². The number of rotatable bonds is 0. The van der Waals surface area contributed by atoms with Crippen LogP contribution in [0.25, 0.3) is 0 Å². The van der Waals surface area contributed by atoms with Crippen LogP contribution in [0.5, 0.6) is 0 Å². The Labute approximate surface area is 57.7 Å². The monoisotopic (exact) mass is 184 g/mol. The van der Waals surface area contributed by atoms with Crippen LogP contribution in [0, 0.1) is 0 Å². The molecular weight excluding hydrogens is 185 g/mol. The van der Waals surface area contributed by atoms with Crippen LogP contribution >= 0.6 is 54.0 Å². The fourth-order valence-corrected chi connectivity index (χ4v) is 0. The second-order valence-corrected chi connectivity index (χ2v) is 5.33. The van der Waals surface area contributed by atoms with E-state index in [9.17, 15) is 0 Å². The predicted molar refractivity (Wildman–Crippen MR) is 34.5 cm³/mol. The summed E-state index contributed by atoms with van der Waals surface area (Å²) in [5.41, 5.74) is 0. The summed E-state index contributed by atoms with van der Waals surface area (Å²) in [6.07, 6.45) is 0. The molecule has 0 N–H and O–H groups in total. The highest BCUT2D eigenvalue weighted by molar-refractivity contribution is 7.74. The van der Waals surface area contributed by atoms with Crippen LogP contribution in [0.4, 0.5) is 0 Å². The minimum atomic E-state index is -1.25. The zero-order chi connectivity index (χ0) is 5.21. The average Bonchev–Trinajstić information content (AvgIpc) is 1.35. The van der Waals surface area contributed by atoms with Gasteiger partial charge in [-0.05, 0) is 0 Å². The maximum Gasteiger partial charge on any atom is 0.219 e. The molecule has 0 radical (unpaired) electrons. The fourth-order valence-electron chi connectivity index (χ4n) is 0. The van der Waals surface area contributed by atoms with Crippen molar-refractivity contribution in [3.8, 4) is 0 Å². The third kappa shape index (κ3) is 5.59. The van der Waals surface area contributed by atoms with Gasteiger partial charge >= 0.3 is 0 Å². The van der Waals surface area contributed by atoms with Gasteiger partial charge in [-0.2, -0.15) is 0 Å². The average molecular weight is 186 g/mol. The predicted octanol–water partition coefficient (Wildman–Crippen LogP) is 3.15. The van der Waals surface area contributed by atoms with E-state index in [1.54, 1.807) is 0 Å². The van der Waals surface area contributed by atoms with Crippen LogP contribution < -0.4 is 0 Å². The SMILES string of the molecule is ClPC(Cl)(Cl)Cl. The molecule has 0 aliphatic carbocycles. The van der Waals surface area contributed by atoms with Gasteiger partial charge in [0.1, 0.15) is 0 Å². The summed E-state index contributed by atoms with van der Waals surface area (Å²) >= 11 is 20.5. The first-order valence-corrected chi connectivity index (χ1v) is 4.15. The maximum atomic E-state index is 5.13. The van der Waals surface area contributed by atoms with Crippen LogP contribution in [-0.4, -0.2) is 3.53 Å². The highest BCUT2D eigenvalue weighted by Crippen LogP contribution is 2.46. The van der Waals surface area contributed by atoms with Crippen molar-refractivity contribution in [2.75, 3.05) is 0 Å². The van der Waals surface area contributed by atoms with Crippen molar-refractivity contribution in [3.63, 3.8) is 0 Å². The van der Waals surface area contributed by atoms with Gasteiger partial charge in [0.05, 0.1) is 0 Å². The zero-order valence-electron chi connectivity index (χ0n) is 2.51. The Kier molecular flexibility index (Phi) is 3.53. The Balaban J connectivity index is 3.17. The molecule has 0 saturated carbocycles. The molecule has 1 atom stereocenters. The molecule has 0 saturated heterocycles. The van der Waals surface area contributed by atoms with Gasteiger partial charge in [0.2, 0.25) is 3.53 Å². The molecule has 0 amide bonds. The van der Waals surface area contributed by atoms with Gasteiger partial charge in [0.25, 0.3) is 0 Å². The van der Waals surface area contributed by atoms with E-state index < -0.39 is 3.53 Å². The molecule has 0 heterocycles. The summed E-state index contributed by atoms with van der Waals surface area (Å²) in [5.74, 6) is 0. The molecule has 0 aliphatic rings. The van der Waals surface area contributed by atoms with Gasteiger partial charge in [-0.1, -0.05) is 46.0 Å². The Bertz CT molecular complexity index is 37.3. The Morgan fingerprint density at radius 3 is 1.33 bits per heavy atom. The fraction of sp³-hybridized carbons (Fsp3) is 1.00. The molecule has 0 aromatic heterocycles. The van der Waals surface area contributed by atoms with Crippen molar-refractivity contribution in [2.45, 2.75) is 3.53 Å². The van der Waals surface area contributed by atoms with E-state index in [4.69, 9.17) is 46.0 Å². The smallest absolute Gasteiger partial charge is 0.0954 e. The topological polar surface area (TPSA) is 0 Å². The summed E-state index contributed by atoms with van der Waals surface area (Å²) in [7, 11) is -0.164. The van der Waals surface area contributed by atoms with Gasteiger partial charge in [-0.15, -0.1) is 0 Å². The van der Waals surface area contributed by atoms with E-state index >= 15 is 0 Å². The molecule has 5 heteroatoms. The minimum absolute atomic E-state index is 0.164. The van der Waals surface area contributed by atoms with Gasteiger partial charge in [-0.3, -0.25) is 0 Å². The molecule has 0 aromatic rings. The highest BCUT2D eigenvalue weighted by atomic mass is 35.7. The van der Waals surface area contributed by atoms with Crippen LogP contribution in [-0.2, 0) is 0 Å². The Morgan fingerprint density at radius 1 is 1.17 bits per heavy atom. The molecule has 0 nitrogen and oxygen atoms in total. The summed E-state index contributed by atoms with van der Waals surface area (Å²) in [6.45, 7) is 0. The lowest BCUT2D eigenvalue weighted by Crippen LogP contribution is -1.83. The standard InChI is InChI=1S/CHCl4P/c2-1(3,4)6-5/h6H. The molecule has 0 rings (SSSR count). The molecule has 0 spiro atoms. The summed E-state index contributed by atoms with van der Waals surface area (Å²) in [5, 5.41) is 0. The number of hydrogen-bond donors (Lipinski definition) is 0. The van der Waals surface area contributed by atoms with E-state index in [-0.39, 0.29) is 7.93 Å². The second kappa shape index (κ2) is 2.79. The van der Waals surface area contributed by atoms with Crippen molar-refractivity contribution in [2.24, 2.45) is 0 Å².